The number of methoxy groups -OCH3 is 1. The summed E-state index contributed by atoms with van der Waals surface area (Å²) >= 11 is 0. The molecule has 0 heterocycles. The third-order valence-corrected chi connectivity index (χ3v) is 4.79. The summed E-state index contributed by atoms with van der Waals surface area (Å²) in [4.78, 5) is 48.3. The molecule has 0 aliphatic heterocycles. The predicted octanol–water partition coefficient (Wildman–Crippen LogP) is 1.29. The molecule has 1 aliphatic carbocycles. The average Bonchev–Trinajstić information content (AvgIpc) is 2.66. The van der Waals surface area contributed by atoms with Gasteiger partial charge in [0.25, 0.3) is 0 Å². The number of benzene rings is 1. The van der Waals surface area contributed by atoms with E-state index in [0.717, 1.165) is 0 Å². The minimum absolute atomic E-state index is 0.0455. The Kier molecular flexibility index (Phi) is 7.66. The minimum Gasteiger partial charge on any atom is -0.467 e. The van der Waals surface area contributed by atoms with Crippen molar-refractivity contribution in [3.05, 3.63) is 35.6 Å². The summed E-state index contributed by atoms with van der Waals surface area (Å²) in [7, 11) is 1.22. The van der Waals surface area contributed by atoms with Crippen molar-refractivity contribution in [2.24, 2.45) is 5.92 Å². The second kappa shape index (κ2) is 9.96. The van der Waals surface area contributed by atoms with Crippen LogP contribution in [0.5, 0.6) is 0 Å². The molecule has 1 saturated carbocycles. The molecule has 1 aromatic carbocycles. The first-order valence-corrected chi connectivity index (χ1v) is 9.21. The molecule has 2 rings (SSSR count). The van der Waals surface area contributed by atoms with E-state index in [-0.39, 0.29) is 24.5 Å². The van der Waals surface area contributed by atoms with Crippen LogP contribution in [0.3, 0.4) is 0 Å². The molecular weight excluding hydrogens is 367 g/mol. The van der Waals surface area contributed by atoms with E-state index < -0.39 is 35.7 Å². The third kappa shape index (κ3) is 6.14. The number of carbonyl (C=O) groups excluding carboxylic acids is 4. The van der Waals surface area contributed by atoms with Crippen LogP contribution >= 0.6 is 0 Å². The molecule has 7 nitrogen and oxygen atoms in total. The van der Waals surface area contributed by atoms with Crippen molar-refractivity contribution < 1.29 is 28.3 Å². The lowest BCUT2D eigenvalue weighted by Gasteiger charge is -2.29. The molecule has 3 atom stereocenters. The quantitative estimate of drug-likeness (QED) is 0.681. The maximum atomic E-state index is 13.1. The van der Waals surface area contributed by atoms with Gasteiger partial charge in [-0.2, -0.15) is 0 Å². The highest BCUT2D eigenvalue weighted by molar-refractivity contribution is 5.91. The van der Waals surface area contributed by atoms with Gasteiger partial charge in [0.2, 0.25) is 11.8 Å². The summed E-state index contributed by atoms with van der Waals surface area (Å²) in [6.45, 7) is 1.28. The summed E-state index contributed by atoms with van der Waals surface area (Å²) in [6, 6.07) is 3.66. The van der Waals surface area contributed by atoms with Gasteiger partial charge >= 0.3 is 5.97 Å². The number of Topliss-reactive ketones (excluding diaryl/α,β-unsaturated/α-hetero) is 1. The van der Waals surface area contributed by atoms with E-state index in [1.54, 1.807) is 0 Å². The Labute approximate surface area is 163 Å². The molecule has 152 valence electrons. The highest BCUT2D eigenvalue weighted by Gasteiger charge is 2.35. The number of hydrogen-bond acceptors (Lipinski definition) is 5. The van der Waals surface area contributed by atoms with Crippen LogP contribution < -0.4 is 10.6 Å². The molecule has 0 unspecified atom stereocenters. The Morgan fingerprint density at radius 2 is 1.89 bits per heavy atom. The molecule has 2 N–H and O–H groups in total. The molecule has 0 spiro atoms. The number of hydrogen-bond donors (Lipinski definition) is 2. The maximum Gasteiger partial charge on any atom is 0.328 e. The van der Waals surface area contributed by atoms with Crippen molar-refractivity contribution in [2.45, 2.75) is 51.1 Å². The molecular formula is C20H25FN2O5. The Bertz CT molecular complexity index is 735. The molecule has 1 fully saturated rings. The van der Waals surface area contributed by atoms with Crippen LogP contribution in [0.1, 0.15) is 38.2 Å². The number of rotatable bonds is 7. The van der Waals surface area contributed by atoms with E-state index in [0.29, 0.717) is 24.8 Å². The van der Waals surface area contributed by atoms with Crippen LogP contribution in [0.4, 0.5) is 4.39 Å². The summed E-state index contributed by atoms with van der Waals surface area (Å²) in [5.74, 6) is -2.31. The van der Waals surface area contributed by atoms with E-state index in [1.807, 2.05) is 0 Å². The van der Waals surface area contributed by atoms with Crippen LogP contribution in [-0.4, -0.2) is 42.8 Å². The van der Waals surface area contributed by atoms with Crippen LogP contribution in [0.15, 0.2) is 24.3 Å². The molecule has 28 heavy (non-hydrogen) atoms. The van der Waals surface area contributed by atoms with Crippen LogP contribution in [0.2, 0.25) is 0 Å². The first-order valence-electron chi connectivity index (χ1n) is 9.21. The Hall–Kier alpha value is -2.77. The predicted molar refractivity (Wildman–Crippen MR) is 98.6 cm³/mol. The standard InChI is InChI=1S/C20H25FN2O5/c1-12(24)22-17(10-13-6-8-15(21)9-7-13)19(26)23-18(20(27)28-2)14-4-3-5-16(25)11-14/h6-9,14,17-18H,3-5,10-11H2,1-2H3,(H,22,24)(H,23,26)/t14-,17+,18+/m1/s1. The number of carbonyl (C=O) groups is 4. The van der Waals surface area contributed by atoms with Crippen LogP contribution in [0.25, 0.3) is 0 Å². The van der Waals surface area contributed by atoms with Gasteiger partial charge in [-0.1, -0.05) is 12.1 Å². The van der Waals surface area contributed by atoms with E-state index in [9.17, 15) is 23.6 Å². The first-order chi connectivity index (χ1) is 13.3. The first kappa shape index (κ1) is 21.5. The smallest absolute Gasteiger partial charge is 0.328 e. The molecule has 8 heteroatoms. The molecule has 1 aromatic rings. The average molecular weight is 392 g/mol. The van der Waals surface area contributed by atoms with Crippen molar-refractivity contribution >= 4 is 23.6 Å². The SMILES string of the molecule is COC(=O)[C@@H](NC(=O)[C@H](Cc1ccc(F)cc1)NC(C)=O)[C@@H]1CCCC(=O)C1. The zero-order chi connectivity index (χ0) is 20.7. The van der Waals surface area contributed by atoms with Gasteiger partial charge in [0, 0.05) is 26.2 Å². The molecule has 0 aromatic heterocycles. The Balaban J connectivity index is 2.15. The summed E-state index contributed by atoms with van der Waals surface area (Å²) in [6.07, 6.45) is 2.07. The van der Waals surface area contributed by atoms with Gasteiger partial charge in [0.1, 0.15) is 23.7 Å². The van der Waals surface area contributed by atoms with Crippen molar-refractivity contribution in [1.82, 2.24) is 10.6 Å². The van der Waals surface area contributed by atoms with Crippen molar-refractivity contribution in [3.8, 4) is 0 Å². The van der Waals surface area contributed by atoms with Gasteiger partial charge in [0.05, 0.1) is 7.11 Å². The number of ether oxygens (including phenoxy) is 1. The number of halogens is 1. The fourth-order valence-corrected chi connectivity index (χ4v) is 3.40. The monoisotopic (exact) mass is 392 g/mol. The Morgan fingerprint density at radius 3 is 2.46 bits per heavy atom. The van der Waals surface area contributed by atoms with Crippen molar-refractivity contribution in [2.75, 3.05) is 7.11 Å². The Morgan fingerprint density at radius 1 is 1.21 bits per heavy atom. The highest BCUT2D eigenvalue weighted by Crippen LogP contribution is 2.25. The maximum absolute atomic E-state index is 13.1. The van der Waals surface area contributed by atoms with Gasteiger partial charge < -0.3 is 15.4 Å². The van der Waals surface area contributed by atoms with Gasteiger partial charge in [0.15, 0.2) is 0 Å². The fraction of sp³-hybridized carbons (Fsp3) is 0.500. The number of nitrogens with one attached hydrogen (secondary N) is 2. The van der Waals surface area contributed by atoms with E-state index >= 15 is 0 Å². The van der Waals surface area contributed by atoms with Gasteiger partial charge in [-0.15, -0.1) is 0 Å². The summed E-state index contributed by atoms with van der Waals surface area (Å²) in [5, 5.41) is 5.19. The molecule has 0 bridgehead atoms. The molecule has 0 saturated heterocycles. The van der Waals surface area contributed by atoms with Crippen molar-refractivity contribution in [3.63, 3.8) is 0 Å². The lowest BCUT2D eigenvalue weighted by atomic mass is 9.83. The second-order valence-corrected chi connectivity index (χ2v) is 6.99. The van der Waals surface area contributed by atoms with Gasteiger partial charge in [-0.25, -0.2) is 9.18 Å². The number of esters is 1. The second-order valence-electron chi connectivity index (χ2n) is 6.99. The lowest BCUT2D eigenvalue weighted by molar-refractivity contribution is -0.147. The summed E-state index contributed by atoms with van der Waals surface area (Å²) < 4.78 is 17.9. The molecule has 0 radical (unpaired) electrons. The highest BCUT2D eigenvalue weighted by atomic mass is 19.1. The summed E-state index contributed by atoms with van der Waals surface area (Å²) in [5.41, 5.74) is 0.651. The van der Waals surface area contributed by atoms with E-state index in [2.05, 4.69) is 10.6 Å². The molecule has 1 aliphatic rings. The number of ketones is 1. The fourth-order valence-electron chi connectivity index (χ4n) is 3.40. The largest absolute Gasteiger partial charge is 0.467 e. The van der Waals surface area contributed by atoms with Crippen molar-refractivity contribution in [1.29, 1.82) is 0 Å². The van der Waals surface area contributed by atoms with Crippen LogP contribution in [0, 0.1) is 11.7 Å². The normalized spacial score (nSPS) is 18.7. The minimum atomic E-state index is -0.966. The van der Waals surface area contributed by atoms with Gasteiger partial charge in [-0.3, -0.25) is 14.4 Å². The zero-order valence-electron chi connectivity index (χ0n) is 16.0. The lowest BCUT2D eigenvalue weighted by Crippen LogP contribution is -2.55. The zero-order valence-corrected chi connectivity index (χ0v) is 16.0. The number of amides is 2. The van der Waals surface area contributed by atoms with E-state index in [4.69, 9.17) is 4.74 Å². The molecule has 2 amide bonds. The van der Waals surface area contributed by atoms with Crippen LogP contribution in [-0.2, 0) is 30.3 Å². The van der Waals surface area contributed by atoms with E-state index in [1.165, 1.54) is 38.3 Å². The van der Waals surface area contributed by atoms with Gasteiger partial charge in [-0.05, 0) is 36.5 Å². The third-order valence-electron chi connectivity index (χ3n) is 4.79. The topological polar surface area (TPSA) is 102 Å².